The van der Waals surface area contributed by atoms with Crippen LogP contribution in [0.3, 0.4) is 0 Å². The van der Waals surface area contributed by atoms with Crippen molar-refractivity contribution in [3.8, 4) is 0 Å². The molecule has 0 saturated carbocycles. The van der Waals surface area contributed by atoms with Crippen LogP contribution < -0.4 is 5.32 Å². The van der Waals surface area contributed by atoms with E-state index in [-0.39, 0.29) is 5.56 Å². The first kappa shape index (κ1) is 12.0. The minimum absolute atomic E-state index is 0.0349. The molecule has 0 aliphatic rings. The fourth-order valence-corrected chi connectivity index (χ4v) is 1.44. The van der Waals surface area contributed by atoms with Crippen LogP contribution in [0.5, 0.6) is 0 Å². The normalized spacial score (nSPS) is 11.3. The molecule has 0 aliphatic carbocycles. The molecule has 1 N–H and O–H groups in total. The van der Waals surface area contributed by atoms with Crippen molar-refractivity contribution in [3.63, 3.8) is 0 Å². The molecule has 0 atom stereocenters. The number of hydrogen-bond donors (Lipinski definition) is 1. The quantitative estimate of drug-likeness (QED) is 0.843. The molecule has 0 saturated heterocycles. The summed E-state index contributed by atoms with van der Waals surface area (Å²) >= 11 is 3.01. The lowest BCUT2D eigenvalue weighted by atomic mass is 10.1. The Balaban J connectivity index is 3.23. The number of benzene rings is 1. The van der Waals surface area contributed by atoms with Crippen LogP contribution in [-0.2, 0) is 6.18 Å². The van der Waals surface area contributed by atoms with Crippen LogP contribution in [0.25, 0.3) is 0 Å². The van der Waals surface area contributed by atoms with E-state index in [1.807, 2.05) is 0 Å². The van der Waals surface area contributed by atoms with Crippen LogP contribution in [0.2, 0.25) is 0 Å². The van der Waals surface area contributed by atoms with Crippen molar-refractivity contribution < 1.29 is 18.0 Å². The molecule has 1 rings (SSSR count). The van der Waals surface area contributed by atoms with Gasteiger partial charge in [0.05, 0.1) is 11.1 Å². The highest BCUT2D eigenvalue weighted by Gasteiger charge is 2.31. The first-order chi connectivity index (χ1) is 6.86. The first-order valence-electron chi connectivity index (χ1n) is 3.95. The number of carbonyl (C=O) groups excluding carboxylic acids is 1. The highest BCUT2D eigenvalue weighted by atomic mass is 79.9. The standard InChI is InChI=1S/C9H7BrF3NO/c1-14-8(15)6-4-5(9(11,12)13)2-3-7(6)10/h2-4H,1H3,(H,14,15). The maximum atomic E-state index is 12.3. The number of halogens is 4. The van der Waals surface area contributed by atoms with E-state index in [2.05, 4.69) is 21.2 Å². The number of amides is 1. The van der Waals surface area contributed by atoms with E-state index in [0.29, 0.717) is 4.47 Å². The molecule has 0 bridgehead atoms. The van der Waals surface area contributed by atoms with Gasteiger partial charge >= 0.3 is 6.18 Å². The molecule has 0 aromatic heterocycles. The van der Waals surface area contributed by atoms with Gasteiger partial charge in [-0.15, -0.1) is 0 Å². The summed E-state index contributed by atoms with van der Waals surface area (Å²) < 4.78 is 37.3. The third-order valence-corrected chi connectivity index (χ3v) is 2.46. The molecule has 2 nitrogen and oxygen atoms in total. The van der Waals surface area contributed by atoms with Crippen molar-refractivity contribution in [2.24, 2.45) is 0 Å². The molecule has 6 heteroatoms. The molecule has 15 heavy (non-hydrogen) atoms. The third kappa shape index (κ3) is 2.71. The van der Waals surface area contributed by atoms with Crippen molar-refractivity contribution in [3.05, 3.63) is 33.8 Å². The maximum absolute atomic E-state index is 12.3. The Labute approximate surface area is 92.6 Å². The number of carbonyl (C=O) groups is 1. The predicted molar refractivity (Wildman–Crippen MR) is 52.5 cm³/mol. The molecule has 0 radical (unpaired) electrons. The summed E-state index contributed by atoms with van der Waals surface area (Å²) in [5.74, 6) is -0.562. The lowest BCUT2D eigenvalue weighted by Gasteiger charge is -2.09. The van der Waals surface area contributed by atoms with Crippen LogP contribution >= 0.6 is 15.9 Å². The van der Waals surface area contributed by atoms with Crippen LogP contribution in [0.1, 0.15) is 15.9 Å². The van der Waals surface area contributed by atoms with Gasteiger partial charge in [0.2, 0.25) is 0 Å². The molecule has 0 fully saturated rings. The fraction of sp³-hybridized carbons (Fsp3) is 0.222. The van der Waals surface area contributed by atoms with Gasteiger partial charge in [0, 0.05) is 11.5 Å². The summed E-state index contributed by atoms with van der Waals surface area (Å²) in [7, 11) is 1.36. The van der Waals surface area contributed by atoms with E-state index < -0.39 is 17.6 Å². The minimum Gasteiger partial charge on any atom is -0.355 e. The number of rotatable bonds is 1. The van der Waals surface area contributed by atoms with Crippen LogP contribution in [-0.4, -0.2) is 13.0 Å². The molecule has 0 aliphatic heterocycles. The number of nitrogens with one attached hydrogen (secondary N) is 1. The van der Waals surface area contributed by atoms with Gasteiger partial charge in [-0.2, -0.15) is 13.2 Å². The second-order valence-electron chi connectivity index (χ2n) is 2.77. The molecule has 1 aromatic carbocycles. The van der Waals surface area contributed by atoms with Gasteiger partial charge in [0.25, 0.3) is 5.91 Å². The first-order valence-corrected chi connectivity index (χ1v) is 4.74. The Bertz CT molecular complexity index is 389. The largest absolute Gasteiger partial charge is 0.416 e. The zero-order chi connectivity index (χ0) is 11.6. The molecule has 0 heterocycles. The van der Waals surface area contributed by atoms with Gasteiger partial charge in [-0.3, -0.25) is 4.79 Å². The summed E-state index contributed by atoms with van der Waals surface area (Å²) in [5.41, 5.74) is -0.878. The topological polar surface area (TPSA) is 29.1 Å². The molecule has 82 valence electrons. The molecule has 1 amide bonds. The Kier molecular flexibility index (Phi) is 3.38. The van der Waals surface area contributed by atoms with Gasteiger partial charge in [-0.05, 0) is 34.1 Å². The van der Waals surface area contributed by atoms with Gasteiger partial charge < -0.3 is 5.32 Å². The summed E-state index contributed by atoms with van der Waals surface area (Å²) in [6, 6.07) is 2.92. The highest BCUT2D eigenvalue weighted by molar-refractivity contribution is 9.10. The van der Waals surface area contributed by atoms with Crippen LogP contribution in [0.15, 0.2) is 22.7 Å². The smallest absolute Gasteiger partial charge is 0.355 e. The Morgan fingerprint density at radius 2 is 2.00 bits per heavy atom. The van der Waals surface area contributed by atoms with Crippen molar-refractivity contribution in [2.45, 2.75) is 6.18 Å². The average molecular weight is 282 g/mol. The van der Waals surface area contributed by atoms with Crippen molar-refractivity contribution >= 4 is 21.8 Å². The van der Waals surface area contributed by atoms with Crippen LogP contribution in [0.4, 0.5) is 13.2 Å². The average Bonchev–Trinajstić information content (AvgIpc) is 2.15. The zero-order valence-corrected chi connectivity index (χ0v) is 9.24. The maximum Gasteiger partial charge on any atom is 0.416 e. The third-order valence-electron chi connectivity index (χ3n) is 1.77. The fourth-order valence-electron chi connectivity index (χ4n) is 1.01. The summed E-state index contributed by atoms with van der Waals surface area (Å²) in [4.78, 5) is 11.2. The highest BCUT2D eigenvalue weighted by Crippen LogP contribution is 2.31. The Hall–Kier alpha value is -1.04. The Morgan fingerprint density at radius 3 is 2.47 bits per heavy atom. The van der Waals surface area contributed by atoms with Gasteiger partial charge in [0.1, 0.15) is 0 Å². The summed E-state index contributed by atoms with van der Waals surface area (Å²) in [6.45, 7) is 0. The summed E-state index contributed by atoms with van der Waals surface area (Å²) in [5, 5.41) is 2.26. The Morgan fingerprint density at radius 1 is 1.40 bits per heavy atom. The summed E-state index contributed by atoms with van der Waals surface area (Å²) in [6.07, 6.45) is -4.44. The van der Waals surface area contributed by atoms with Crippen molar-refractivity contribution in [2.75, 3.05) is 7.05 Å². The number of alkyl halides is 3. The van der Waals surface area contributed by atoms with Crippen molar-refractivity contribution in [1.82, 2.24) is 5.32 Å². The van der Waals surface area contributed by atoms with Gasteiger partial charge in [-0.1, -0.05) is 0 Å². The minimum atomic E-state index is -4.44. The molecular weight excluding hydrogens is 275 g/mol. The monoisotopic (exact) mass is 281 g/mol. The molecular formula is C9H7BrF3NO. The van der Waals surface area contributed by atoms with E-state index in [0.717, 1.165) is 12.1 Å². The predicted octanol–water partition coefficient (Wildman–Crippen LogP) is 2.83. The second kappa shape index (κ2) is 4.22. The molecule has 1 aromatic rings. The molecule has 0 spiro atoms. The van der Waals surface area contributed by atoms with E-state index in [1.165, 1.54) is 13.1 Å². The van der Waals surface area contributed by atoms with Crippen LogP contribution in [0, 0.1) is 0 Å². The SMILES string of the molecule is CNC(=O)c1cc(C(F)(F)F)ccc1Br. The van der Waals surface area contributed by atoms with Gasteiger partial charge in [-0.25, -0.2) is 0 Å². The lowest BCUT2D eigenvalue weighted by molar-refractivity contribution is -0.137. The van der Waals surface area contributed by atoms with E-state index in [4.69, 9.17) is 0 Å². The van der Waals surface area contributed by atoms with E-state index in [9.17, 15) is 18.0 Å². The van der Waals surface area contributed by atoms with Crippen molar-refractivity contribution in [1.29, 1.82) is 0 Å². The molecule has 0 unspecified atom stereocenters. The second-order valence-corrected chi connectivity index (χ2v) is 3.63. The zero-order valence-electron chi connectivity index (χ0n) is 7.65. The lowest BCUT2D eigenvalue weighted by Crippen LogP contribution is -2.19. The van der Waals surface area contributed by atoms with Gasteiger partial charge in [0.15, 0.2) is 0 Å². The number of hydrogen-bond acceptors (Lipinski definition) is 1. The van der Waals surface area contributed by atoms with E-state index >= 15 is 0 Å². The van der Waals surface area contributed by atoms with E-state index in [1.54, 1.807) is 0 Å².